The summed E-state index contributed by atoms with van der Waals surface area (Å²) in [6.45, 7) is 5.95. The van der Waals surface area contributed by atoms with Crippen LogP contribution in [0.25, 0.3) is 0 Å². The summed E-state index contributed by atoms with van der Waals surface area (Å²) in [5, 5.41) is 181. The minimum atomic E-state index is -5.13. The highest BCUT2D eigenvalue weighted by Gasteiger charge is 2.59. The van der Waals surface area contributed by atoms with Crippen molar-refractivity contribution in [2.45, 2.75) is 251 Å². The average Bonchev–Trinajstić information content (AvgIpc) is 2.32. The standard InChI is InChI=1S/C49H87N2O33P/c1-16(57)50-25-40(81-45-35(67)33(65)29(61)24(78-45)15-72-48(3,4)5)30(62)20(11-53)74-43(25)79-38-22(13-55)77-46(36(68)34(38)66)80-39-23(14-56)76-44(26(51-17(2)58)41(39)73-19-9-18(10-52)27(59)32(64)28(19)60)82-42-31(63)21(12-54)75-47(37(42)69)83-85(70,71)84-49(6,7)8/h18-47,52-56,59-69H,9-15H2,1-8H3,(H,50,57)(H,51,58)(H,70,71)/t18?,19-,20?,21?,22?,23?,24?,25?,26?,27-,28?,29-,30+,31+,32+,33+,34-,35?,36?,37?,38-,39+,40-,41-,42+,43+,44+,45+,46-,47-/m1/s1. The molecule has 5 heterocycles. The van der Waals surface area contributed by atoms with E-state index in [2.05, 4.69) is 10.6 Å². The summed E-state index contributed by atoms with van der Waals surface area (Å²) in [6.07, 6.45) is -52.6. The Kier molecular flexibility index (Phi) is 25.4. The molecule has 35 nitrogen and oxygen atoms in total. The molecule has 1 aliphatic carbocycles. The Balaban J connectivity index is 1.32. The van der Waals surface area contributed by atoms with Gasteiger partial charge in [0.25, 0.3) is 0 Å². The number of ether oxygens (including phenoxy) is 11. The van der Waals surface area contributed by atoms with Gasteiger partial charge < -0.3 is 149 Å². The van der Waals surface area contributed by atoms with Gasteiger partial charge in [0.05, 0.1) is 56.4 Å². The molecule has 13 unspecified atom stereocenters. The van der Waals surface area contributed by atoms with Gasteiger partial charge in [-0.3, -0.25) is 18.6 Å². The van der Waals surface area contributed by atoms with E-state index in [0.29, 0.717) is 0 Å². The summed E-state index contributed by atoms with van der Waals surface area (Å²) >= 11 is 0. The maximum Gasteiger partial charge on any atom is 0.475 e. The van der Waals surface area contributed by atoms with Crippen LogP contribution in [-0.2, 0) is 75.3 Å². The molecule has 85 heavy (non-hydrogen) atoms. The number of rotatable bonds is 22. The highest BCUT2D eigenvalue weighted by molar-refractivity contribution is 7.47. The fraction of sp³-hybridized carbons (Fsp3) is 0.959. The monoisotopic (exact) mass is 1260 g/mol. The maximum atomic E-state index is 13.2. The lowest BCUT2D eigenvalue weighted by molar-refractivity contribution is -0.384. The molecule has 6 fully saturated rings. The fourth-order valence-electron chi connectivity index (χ4n) is 10.7. The lowest BCUT2D eigenvalue weighted by Crippen LogP contribution is -2.71. The van der Waals surface area contributed by atoms with Crippen molar-refractivity contribution in [2.75, 3.05) is 39.6 Å². The number of phosphoric acid groups is 1. The van der Waals surface area contributed by atoms with Crippen molar-refractivity contribution in [1.29, 1.82) is 0 Å². The summed E-state index contributed by atoms with van der Waals surface area (Å²) in [6, 6.07) is -3.57. The van der Waals surface area contributed by atoms with Crippen LogP contribution in [0.5, 0.6) is 0 Å². The zero-order valence-corrected chi connectivity index (χ0v) is 48.7. The van der Waals surface area contributed by atoms with Crippen LogP contribution in [0.15, 0.2) is 0 Å². The number of carbonyl (C=O) groups excluding carboxylic acids is 2. The number of aliphatic hydroxyl groups is 16. The number of amides is 2. The lowest BCUT2D eigenvalue weighted by atomic mass is 9.81. The third kappa shape index (κ3) is 17.5. The summed E-state index contributed by atoms with van der Waals surface area (Å²) in [5.41, 5.74) is -2.08. The van der Waals surface area contributed by atoms with Crippen molar-refractivity contribution in [3.05, 3.63) is 0 Å². The van der Waals surface area contributed by atoms with Gasteiger partial charge in [-0.05, 0) is 48.0 Å². The van der Waals surface area contributed by atoms with Crippen LogP contribution in [0.4, 0.5) is 0 Å². The number of carbonyl (C=O) groups is 2. The Morgan fingerprint density at radius 1 is 0.447 bits per heavy atom. The smallest absolute Gasteiger partial charge is 0.396 e. The predicted octanol–water partition coefficient (Wildman–Crippen LogP) is -9.39. The van der Waals surface area contributed by atoms with Crippen LogP contribution in [0.3, 0.4) is 0 Å². The molecule has 0 aromatic heterocycles. The Morgan fingerprint density at radius 2 is 0.882 bits per heavy atom. The zero-order chi connectivity index (χ0) is 63.5. The molecule has 0 aromatic rings. The highest BCUT2D eigenvalue weighted by Crippen LogP contribution is 2.50. The average molecular weight is 1260 g/mol. The van der Waals surface area contributed by atoms with E-state index in [1.807, 2.05) is 0 Å². The topological polar surface area (TPSA) is 539 Å². The molecule has 36 heteroatoms. The molecule has 496 valence electrons. The quantitative estimate of drug-likeness (QED) is 0.0448. The number of phosphoric ester groups is 1. The fourth-order valence-corrected chi connectivity index (χ4v) is 11.8. The second kappa shape index (κ2) is 29.9. The molecule has 0 bridgehead atoms. The van der Waals surface area contributed by atoms with Crippen LogP contribution in [-0.4, -0.2) is 327 Å². The first kappa shape index (κ1) is 72.0. The van der Waals surface area contributed by atoms with Gasteiger partial charge in [0, 0.05) is 26.4 Å². The molecule has 5 aliphatic heterocycles. The lowest BCUT2D eigenvalue weighted by Gasteiger charge is -2.52. The highest BCUT2D eigenvalue weighted by atomic mass is 31.2. The van der Waals surface area contributed by atoms with Gasteiger partial charge in [-0.1, -0.05) is 0 Å². The predicted molar refractivity (Wildman–Crippen MR) is 274 cm³/mol. The van der Waals surface area contributed by atoms with Gasteiger partial charge >= 0.3 is 7.82 Å². The molecule has 31 atom stereocenters. The number of nitrogens with one attached hydrogen (secondary N) is 2. The van der Waals surface area contributed by atoms with Gasteiger partial charge in [-0.2, -0.15) is 0 Å². The zero-order valence-electron chi connectivity index (χ0n) is 47.9. The van der Waals surface area contributed by atoms with E-state index < -0.39 is 254 Å². The Bertz CT molecular complexity index is 2160. The van der Waals surface area contributed by atoms with Gasteiger partial charge in [-0.15, -0.1) is 0 Å². The first-order valence-corrected chi connectivity index (χ1v) is 29.1. The Labute approximate surface area is 487 Å². The third-order valence-electron chi connectivity index (χ3n) is 14.9. The van der Waals surface area contributed by atoms with Crippen LogP contribution in [0, 0.1) is 5.92 Å². The van der Waals surface area contributed by atoms with E-state index in [9.17, 15) is 101 Å². The number of hydrogen-bond donors (Lipinski definition) is 19. The van der Waals surface area contributed by atoms with E-state index in [4.69, 9.17) is 61.2 Å². The minimum Gasteiger partial charge on any atom is -0.396 e. The van der Waals surface area contributed by atoms with Crippen molar-refractivity contribution in [3.8, 4) is 0 Å². The Hall–Kier alpha value is -2.03. The SMILES string of the molecule is CC(=O)NC1[C@H](O[C@@H]2C(CO)O[C@H](O[C@H]3C(CO)O[C@@H](O[C@@H]4C(O)[C@@H](OP(=O)(O)OC(C)(C)C)OC(CO)[C@@H]4O)C(NC(C)=O)[C@H]3O[C@@H]3CC(CO)[C@@H](O)[C@H](O)C3O)C(O)[C@H]2O)OC(CO)[C@H](O)[C@@H]1O[C@@H]1OC(COC(C)(C)C)[C@@H](O)[C@H](O)C1O. The van der Waals surface area contributed by atoms with Crippen LogP contribution >= 0.6 is 7.82 Å². The maximum absolute atomic E-state index is 13.2. The molecule has 19 N–H and O–H groups in total. The summed E-state index contributed by atoms with van der Waals surface area (Å²) in [4.78, 5) is 36.5. The van der Waals surface area contributed by atoms with E-state index >= 15 is 0 Å². The van der Waals surface area contributed by atoms with E-state index in [0.717, 1.165) is 13.8 Å². The molecule has 0 radical (unpaired) electrons. The van der Waals surface area contributed by atoms with Crippen LogP contribution in [0.2, 0.25) is 0 Å². The summed E-state index contributed by atoms with van der Waals surface area (Å²) in [5.74, 6) is -2.90. The first-order chi connectivity index (χ1) is 39.6. The molecule has 2 amide bonds. The number of aliphatic hydroxyl groups excluding tert-OH is 16. The molecule has 1 saturated carbocycles. The third-order valence-corrected chi connectivity index (χ3v) is 16.1. The van der Waals surface area contributed by atoms with Gasteiger partial charge in [0.1, 0.15) is 134 Å². The first-order valence-electron chi connectivity index (χ1n) is 27.6. The second-order valence-electron chi connectivity index (χ2n) is 23.7. The molecule has 0 aromatic carbocycles. The number of hydrogen-bond acceptors (Lipinski definition) is 32. The molecule has 0 spiro atoms. The van der Waals surface area contributed by atoms with Crippen LogP contribution in [0.1, 0.15) is 61.8 Å². The van der Waals surface area contributed by atoms with Crippen molar-refractivity contribution in [1.82, 2.24) is 10.6 Å². The summed E-state index contributed by atoms with van der Waals surface area (Å²) < 4.78 is 89.0. The van der Waals surface area contributed by atoms with Crippen molar-refractivity contribution >= 4 is 19.6 Å². The van der Waals surface area contributed by atoms with E-state index in [1.165, 1.54) is 20.8 Å². The van der Waals surface area contributed by atoms with E-state index in [1.54, 1.807) is 20.8 Å². The van der Waals surface area contributed by atoms with Crippen molar-refractivity contribution in [2.24, 2.45) is 5.92 Å². The van der Waals surface area contributed by atoms with Crippen LogP contribution < -0.4 is 10.6 Å². The summed E-state index contributed by atoms with van der Waals surface area (Å²) in [7, 11) is -5.13. The molecule has 5 saturated heterocycles. The van der Waals surface area contributed by atoms with Gasteiger partial charge in [0.2, 0.25) is 11.8 Å². The molecule has 6 aliphatic rings. The largest absolute Gasteiger partial charge is 0.475 e. The normalized spacial score (nSPS) is 45.6. The van der Waals surface area contributed by atoms with Gasteiger partial charge in [0.15, 0.2) is 31.5 Å². The van der Waals surface area contributed by atoms with Gasteiger partial charge in [-0.25, -0.2) is 4.57 Å². The molecule has 6 rings (SSSR count). The van der Waals surface area contributed by atoms with E-state index in [-0.39, 0.29) is 6.61 Å². The Morgan fingerprint density at radius 3 is 1.40 bits per heavy atom. The molecular weight excluding hydrogens is 1180 g/mol. The molecular formula is C49H87N2O33P. The second-order valence-corrected chi connectivity index (χ2v) is 25.0. The van der Waals surface area contributed by atoms with Crippen molar-refractivity contribution < 1.29 is 162 Å². The van der Waals surface area contributed by atoms with Crippen molar-refractivity contribution in [3.63, 3.8) is 0 Å². The minimum absolute atomic E-state index is 0.333.